The predicted molar refractivity (Wildman–Crippen MR) is 66.3 cm³/mol. The van der Waals surface area contributed by atoms with E-state index in [-0.39, 0.29) is 22.5 Å². The Hall–Kier alpha value is -1.54. The maximum absolute atomic E-state index is 12.2. The second kappa shape index (κ2) is 4.29. The van der Waals surface area contributed by atoms with Crippen LogP contribution < -0.4 is 5.84 Å². The van der Waals surface area contributed by atoms with Crippen molar-refractivity contribution in [3.63, 3.8) is 0 Å². The Labute approximate surface area is 106 Å². The molecule has 0 bridgehead atoms. The van der Waals surface area contributed by atoms with Gasteiger partial charge in [0.1, 0.15) is 12.2 Å². The molecular formula is C10H15N5O2S. The molecule has 0 saturated heterocycles. The van der Waals surface area contributed by atoms with Crippen LogP contribution in [0.4, 0.5) is 5.82 Å². The molecule has 0 radical (unpaired) electrons. The van der Waals surface area contributed by atoms with Gasteiger partial charge >= 0.3 is 0 Å². The molecule has 2 N–H and O–H groups in total. The van der Waals surface area contributed by atoms with Crippen molar-refractivity contribution in [1.82, 2.24) is 14.4 Å². The second-order valence-electron chi connectivity index (χ2n) is 4.51. The van der Waals surface area contributed by atoms with Crippen molar-refractivity contribution in [2.24, 2.45) is 22.7 Å². The van der Waals surface area contributed by atoms with Crippen molar-refractivity contribution in [3.8, 4) is 0 Å². The van der Waals surface area contributed by atoms with E-state index in [1.807, 2.05) is 20.8 Å². The Bertz CT molecular complexity index is 596. The summed E-state index contributed by atoms with van der Waals surface area (Å²) in [5, 5.41) is 0. The lowest BCUT2D eigenvalue weighted by Gasteiger charge is -2.29. The van der Waals surface area contributed by atoms with Gasteiger partial charge in [0, 0.05) is 5.92 Å². The van der Waals surface area contributed by atoms with Crippen molar-refractivity contribution in [3.05, 3.63) is 12.5 Å². The molecule has 1 aliphatic heterocycles. The summed E-state index contributed by atoms with van der Waals surface area (Å²) < 4.78 is 25.1. The highest BCUT2D eigenvalue weighted by Gasteiger charge is 2.36. The van der Waals surface area contributed by atoms with Crippen LogP contribution in [0.15, 0.2) is 22.4 Å². The van der Waals surface area contributed by atoms with Gasteiger partial charge in [0.25, 0.3) is 10.0 Å². The third-order valence-corrected chi connectivity index (χ3v) is 4.60. The lowest BCUT2D eigenvalue weighted by molar-refractivity contribution is 0.465. The number of amidine groups is 1. The van der Waals surface area contributed by atoms with Gasteiger partial charge in [0.05, 0.1) is 6.20 Å². The summed E-state index contributed by atoms with van der Waals surface area (Å²) in [4.78, 5) is 11.7. The predicted octanol–water partition coefficient (Wildman–Crippen LogP) is 0.677. The molecule has 1 unspecified atom stereocenters. The zero-order valence-electron chi connectivity index (χ0n) is 10.4. The van der Waals surface area contributed by atoms with Crippen LogP contribution in [0.5, 0.6) is 0 Å². The number of hydrogen-bond donors (Lipinski definition) is 1. The molecule has 2 rings (SSSR count). The van der Waals surface area contributed by atoms with Gasteiger partial charge in [0.2, 0.25) is 0 Å². The largest absolute Gasteiger partial charge is 0.284 e. The van der Waals surface area contributed by atoms with Crippen molar-refractivity contribution < 1.29 is 8.42 Å². The fraction of sp³-hybridized carbons (Fsp3) is 0.500. The Kier molecular flexibility index (Phi) is 3.07. The van der Waals surface area contributed by atoms with Crippen LogP contribution in [-0.2, 0) is 10.0 Å². The molecule has 1 aromatic rings. The van der Waals surface area contributed by atoms with E-state index < -0.39 is 10.0 Å². The molecule has 0 saturated carbocycles. The second-order valence-corrected chi connectivity index (χ2v) is 6.30. The normalized spacial score (nSPS) is 19.4. The summed E-state index contributed by atoms with van der Waals surface area (Å²) in [5.41, 5.74) is 0. The van der Waals surface area contributed by atoms with Gasteiger partial charge in [-0.2, -0.15) is 12.8 Å². The quantitative estimate of drug-likeness (QED) is 0.795. The summed E-state index contributed by atoms with van der Waals surface area (Å²) in [5.74, 6) is 6.24. The first-order valence-corrected chi connectivity index (χ1v) is 6.98. The van der Waals surface area contributed by atoms with E-state index in [1.54, 1.807) is 0 Å². The average molecular weight is 269 g/mol. The third kappa shape index (κ3) is 1.87. The van der Waals surface area contributed by atoms with Crippen LogP contribution in [0.2, 0.25) is 0 Å². The molecule has 8 heteroatoms. The Morgan fingerprint density at radius 3 is 2.61 bits per heavy atom. The molecule has 1 aromatic heterocycles. The van der Waals surface area contributed by atoms with E-state index in [9.17, 15) is 8.42 Å². The molecule has 0 fully saturated rings. The average Bonchev–Trinajstić information content (AvgIpc) is 2.33. The number of hydrogen-bond acceptors (Lipinski definition) is 6. The molecular weight excluding hydrogens is 254 g/mol. The van der Waals surface area contributed by atoms with E-state index in [2.05, 4.69) is 15.0 Å². The molecule has 0 aromatic carbocycles. The van der Waals surface area contributed by atoms with Crippen LogP contribution >= 0.6 is 0 Å². The summed E-state index contributed by atoms with van der Waals surface area (Å²) in [7, 11) is -3.79. The minimum atomic E-state index is -3.79. The molecule has 98 valence electrons. The molecule has 7 nitrogen and oxygen atoms in total. The van der Waals surface area contributed by atoms with Crippen LogP contribution in [0, 0.1) is 11.8 Å². The van der Waals surface area contributed by atoms with E-state index in [4.69, 9.17) is 5.84 Å². The van der Waals surface area contributed by atoms with Crippen LogP contribution in [0.1, 0.15) is 20.8 Å². The topological polar surface area (TPSA) is 102 Å². The summed E-state index contributed by atoms with van der Waals surface area (Å²) >= 11 is 0. The van der Waals surface area contributed by atoms with Gasteiger partial charge in [-0.1, -0.05) is 20.8 Å². The van der Waals surface area contributed by atoms with Gasteiger partial charge in [-0.15, -0.1) is 0 Å². The van der Waals surface area contributed by atoms with Crippen molar-refractivity contribution >= 4 is 21.7 Å². The SMILES string of the molecule is CC(C)C(C)C1=Nc2ncncc2S(=O)(=O)N1N. The number of aromatic nitrogens is 2. The lowest BCUT2D eigenvalue weighted by Crippen LogP contribution is -2.47. The van der Waals surface area contributed by atoms with Gasteiger partial charge < -0.3 is 0 Å². The van der Waals surface area contributed by atoms with Crippen LogP contribution in [0.25, 0.3) is 0 Å². The maximum Gasteiger partial charge on any atom is 0.284 e. The zero-order valence-corrected chi connectivity index (χ0v) is 11.2. The minimum absolute atomic E-state index is 0.0628. The van der Waals surface area contributed by atoms with Crippen LogP contribution in [-0.4, -0.2) is 28.6 Å². The highest BCUT2D eigenvalue weighted by Crippen LogP contribution is 2.30. The van der Waals surface area contributed by atoms with Crippen molar-refractivity contribution in [2.75, 3.05) is 0 Å². The number of rotatable bonds is 2. The molecule has 18 heavy (non-hydrogen) atoms. The number of fused-ring (bicyclic) bond motifs is 1. The lowest BCUT2D eigenvalue weighted by atomic mass is 9.97. The summed E-state index contributed by atoms with van der Waals surface area (Å²) in [6, 6.07) is 0. The number of nitrogens with two attached hydrogens (primary N) is 1. The van der Waals surface area contributed by atoms with Gasteiger partial charge in [-0.05, 0) is 5.92 Å². The fourth-order valence-electron chi connectivity index (χ4n) is 1.56. The highest BCUT2D eigenvalue weighted by molar-refractivity contribution is 7.89. The summed E-state index contributed by atoms with van der Waals surface area (Å²) in [6.07, 6.45) is 2.47. The first-order chi connectivity index (χ1) is 8.35. The smallest absolute Gasteiger partial charge is 0.243 e. The Morgan fingerprint density at radius 1 is 1.33 bits per heavy atom. The number of aliphatic imine (C=N–C) groups is 1. The zero-order chi connectivity index (χ0) is 13.5. The Morgan fingerprint density at radius 2 is 2.00 bits per heavy atom. The highest BCUT2D eigenvalue weighted by atomic mass is 32.2. The number of hydrazine groups is 1. The molecule has 1 atom stereocenters. The number of sulfonamides is 1. The molecule has 2 heterocycles. The number of nitrogens with zero attached hydrogens (tertiary/aromatic N) is 4. The van der Waals surface area contributed by atoms with Crippen LogP contribution in [0.3, 0.4) is 0 Å². The van der Waals surface area contributed by atoms with E-state index >= 15 is 0 Å². The molecule has 1 aliphatic rings. The Balaban J connectivity index is 2.63. The molecule has 0 spiro atoms. The fourth-order valence-corrected chi connectivity index (χ4v) is 2.75. The van der Waals surface area contributed by atoms with Crippen molar-refractivity contribution in [2.45, 2.75) is 25.7 Å². The standard InChI is InChI=1S/C10H15N5O2S/c1-6(2)7(3)10-14-9-8(4-12-5-13-9)18(16,17)15(10)11/h4-7H,11H2,1-3H3. The molecule has 0 amide bonds. The summed E-state index contributed by atoms with van der Waals surface area (Å²) in [6.45, 7) is 5.83. The van der Waals surface area contributed by atoms with E-state index in [0.29, 0.717) is 5.84 Å². The first kappa shape index (κ1) is 12.9. The van der Waals surface area contributed by atoms with E-state index in [1.165, 1.54) is 12.5 Å². The monoisotopic (exact) mass is 269 g/mol. The maximum atomic E-state index is 12.2. The van der Waals surface area contributed by atoms with Crippen molar-refractivity contribution in [1.29, 1.82) is 0 Å². The first-order valence-electron chi connectivity index (χ1n) is 5.54. The third-order valence-electron chi connectivity index (χ3n) is 3.05. The van der Waals surface area contributed by atoms with Gasteiger partial charge in [-0.25, -0.2) is 20.8 Å². The van der Waals surface area contributed by atoms with Gasteiger partial charge in [-0.3, -0.25) is 0 Å². The van der Waals surface area contributed by atoms with E-state index in [0.717, 1.165) is 4.41 Å². The van der Waals surface area contributed by atoms with Gasteiger partial charge in [0.15, 0.2) is 10.7 Å². The molecule has 0 aliphatic carbocycles. The minimum Gasteiger partial charge on any atom is -0.243 e.